The lowest BCUT2D eigenvalue weighted by Gasteiger charge is -2.37. The largest absolute Gasteiger partial charge is 0.373 e. The molecule has 114 valence electrons. The lowest BCUT2D eigenvalue weighted by atomic mass is 10.1. The topological polar surface area (TPSA) is 58.6 Å². The molecule has 5 nitrogen and oxygen atoms in total. The van der Waals surface area contributed by atoms with Crippen LogP contribution in [0.5, 0.6) is 0 Å². The van der Waals surface area contributed by atoms with Crippen LogP contribution in [0.4, 0.5) is 0 Å². The molecule has 1 saturated heterocycles. The highest BCUT2D eigenvalue weighted by atomic mass is 32.2. The molecule has 7 heteroatoms. The van der Waals surface area contributed by atoms with Gasteiger partial charge in [0.25, 0.3) is 0 Å². The number of aryl methyl sites for hydroxylation is 1. The summed E-state index contributed by atoms with van der Waals surface area (Å²) >= 11 is 1.49. The number of hydrogen-bond acceptors (Lipinski definition) is 5. The third-order valence-electron chi connectivity index (χ3n) is 3.32. The monoisotopic (exact) mass is 318 g/mol. The zero-order valence-corrected chi connectivity index (χ0v) is 14.0. The summed E-state index contributed by atoms with van der Waals surface area (Å²) in [5.41, 5.74) is 0.392. The van der Waals surface area contributed by atoms with E-state index in [-0.39, 0.29) is 0 Å². The molecule has 0 unspecified atom stereocenters. The molecule has 1 aliphatic rings. The van der Waals surface area contributed by atoms with Crippen LogP contribution in [0.25, 0.3) is 0 Å². The van der Waals surface area contributed by atoms with Crippen LogP contribution in [0.2, 0.25) is 0 Å². The van der Waals surface area contributed by atoms with Crippen LogP contribution in [-0.2, 0) is 21.3 Å². The van der Waals surface area contributed by atoms with Crippen LogP contribution in [0.1, 0.15) is 24.3 Å². The molecule has 0 bridgehead atoms. The van der Waals surface area contributed by atoms with Gasteiger partial charge in [0, 0.05) is 24.5 Å². The quantitative estimate of drug-likeness (QED) is 0.915. The second kappa shape index (κ2) is 5.73. The predicted octanol–water partition coefficient (Wildman–Crippen LogP) is 1.58. The van der Waals surface area contributed by atoms with E-state index in [0.29, 0.717) is 31.1 Å². The Morgan fingerprint density at radius 2 is 2.20 bits per heavy atom. The Balaban J connectivity index is 2.37. The molecule has 1 aromatic heterocycles. The molecule has 20 heavy (non-hydrogen) atoms. The molecule has 1 N–H and O–H groups in total. The number of thiophene rings is 1. The van der Waals surface area contributed by atoms with E-state index in [1.165, 1.54) is 11.3 Å². The highest BCUT2D eigenvalue weighted by Gasteiger charge is 2.36. The fourth-order valence-electron chi connectivity index (χ4n) is 2.42. The summed E-state index contributed by atoms with van der Waals surface area (Å²) in [7, 11) is -1.63. The summed E-state index contributed by atoms with van der Waals surface area (Å²) in [5, 5.41) is 4.94. The first-order valence-electron chi connectivity index (χ1n) is 6.63. The van der Waals surface area contributed by atoms with E-state index in [2.05, 4.69) is 5.32 Å². The van der Waals surface area contributed by atoms with Gasteiger partial charge in [-0.05, 0) is 38.8 Å². The van der Waals surface area contributed by atoms with Gasteiger partial charge in [0.05, 0.1) is 12.2 Å². The van der Waals surface area contributed by atoms with Crippen LogP contribution in [-0.4, -0.2) is 45.1 Å². The SMILES string of the molecule is CNCc1scc(C)c1S(=O)(=O)N1CCOC(C)(C)C1. The zero-order chi connectivity index (χ0) is 15.0. The number of rotatable bonds is 4. The van der Waals surface area contributed by atoms with Crippen LogP contribution in [0.3, 0.4) is 0 Å². The minimum absolute atomic E-state index is 0.392. The lowest BCUT2D eigenvalue weighted by Crippen LogP contribution is -2.50. The van der Waals surface area contributed by atoms with Gasteiger partial charge in [-0.1, -0.05) is 0 Å². The molecule has 0 aromatic carbocycles. The molecular weight excluding hydrogens is 296 g/mol. The Hall–Kier alpha value is -0.470. The number of nitrogens with one attached hydrogen (secondary N) is 1. The number of ether oxygens (including phenoxy) is 1. The van der Waals surface area contributed by atoms with Crippen molar-refractivity contribution in [2.75, 3.05) is 26.7 Å². The van der Waals surface area contributed by atoms with Crippen molar-refractivity contribution in [1.82, 2.24) is 9.62 Å². The van der Waals surface area contributed by atoms with Crippen LogP contribution in [0, 0.1) is 6.92 Å². The van der Waals surface area contributed by atoms with Gasteiger partial charge < -0.3 is 10.1 Å². The van der Waals surface area contributed by atoms with Crippen LogP contribution < -0.4 is 5.32 Å². The minimum atomic E-state index is -3.45. The Labute approximate surface area is 125 Å². The first-order valence-corrected chi connectivity index (χ1v) is 8.95. The normalized spacial score (nSPS) is 20.2. The maximum atomic E-state index is 12.9. The molecule has 1 fully saturated rings. The number of nitrogens with zero attached hydrogens (tertiary/aromatic N) is 1. The second-order valence-corrected chi connectivity index (χ2v) is 8.49. The molecule has 0 atom stereocenters. The Kier molecular flexibility index (Phi) is 4.56. The van der Waals surface area contributed by atoms with Gasteiger partial charge in [-0.2, -0.15) is 4.31 Å². The van der Waals surface area contributed by atoms with Crippen molar-refractivity contribution in [2.45, 2.75) is 37.8 Å². The standard InChI is InChI=1S/C13H22N2O3S2/c1-10-8-19-11(7-14-4)12(10)20(16,17)15-5-6-18-13(2,3)9-15/h8,14H,5-7,9H2,1-4H3. The van der Waals surface area contributed by atoms with Crippen molar-refractivity contribution in [1.29, 1.82) is 0 Å². The van der Waals surface area contributed by atoms with E-state index in [4.69, 9.17) is 4.74 Å². The summed E-state index contributed by atoms with van der Waals surface area (Å²) in [6.45, 7) is 7.52. The van der Waals surface area contributed by atoms with E-state index >= 15 is 0 Å². The van der Waals surface area contributed by atoms with E-state index in [1.54, 1.807) is 4.31 Å². The first-order chi connectivity index (χ1) is 9.28. The number of hydrogen-bond donors (Lipinski definition) is 1. The molecule has 1 aliphatic heterocycles. The first kappa shape index (κ1) is 15.9. The minimum Gasteiger partial charge on any atom is -0.373 e. The average molecular weight is 318 g/mol. The zero-order valence-electron chi connectivity index (χ0n) is 12.4. The molecule has 0 amide bonds. The van der Waals surface area contributed by atoms with Gasteiger partial charge >= 0.3 is 0 Å². The summed E-state index contributed by atoms with van der Waals surface area (Å²) in [6, 6.07) is 0. The molecule has 0 spiro atoms. The Morgan fingerprint density at radius 3 is 2.80 bits per heavy atom. The summed E-state index contributed by atoms with van der Waals surface area (Å²) < 4.78 is 33.0. The molecule has 1 aromatic rings. The smallest absolute Gasteiger partial charge is 0.244 e. The fourth-order valence-corrected chi connectivity index (χ4v) is 5.77. The molecule has 2 heterocycles. The van der Waals surface area contributed by atoms with Crippen molar-refractivity contribution in [3.05, 3.63) is 15.8 Å². The van der Waals surface area contributed by atoms with Gasteiger partial charge in [0.1, 0.15) is 4.90 Å². The van der Waals surface area contributed by atoms with Crippen molar-refractivity contribution >= 4 is 21.4 Å². The summed E-state index contributed by atoms with van der Waals surface area (Å²) in [6.07, 6.45) is 0. The molecule has 0 aliphatic carbocycles. The number of sulfonamides is 1. The fraction of sp³-hybridized carbons (Fsp3) is 0.692. The van der Waals surface area contributed by atoms with Gasteiger partial charge in [-0.3, -0.25) is 0 Å². The molecule has 2 rings (SSSR count). The predicted molar refractivity (Wildman–Crippen MR) is 80.6 cm³/mol. The van der Waals surface area contributed by atoms with Crippen LogP contribution in [0.15, 0.2) is 10.3 Å². The highest BCUT2D eigenvalue weighted by Crippen LogP contribution is 2.31. The third kappa shape index (κ3) is 3.07. The van der Waals surface area contributed by atoms with E-state index < -0.39 is 15.6 Å². The third-order valence-corrected chi connectivity index (χ3v) is 6.62. The lowest BCUT2D eigenvalue weighted by molar-refractivity contribution is -0.0640. The molecule has 0 radical (unpaired) electrons. The van der Waals surface area contributed by atoms with Gasteiger partial charge in [-0.15, -0.1) is 11.3 Å². The Bertz CT molecular complexity index is 578. The maximum Gasteiger partial charge on any atom is 0.244 e. The maximum absolute atomic E-state index is 12.9. The Morgan fingerprint density at radius 1 is 1.50 bits per heavy atom. The summed E-state index contributed by atoms with van der Waals surface area (Å²) in [4.78, 5) is 1.34. The average Bonchev–Trinajstić information content (AvgIpc) is 2.70. The van der Waals surface area contributed by atoms with Crippen LogP contribution >= 0.6 is 11.3 Å². The van der Waals surface area contributed by atoms with Crippen molar-refractivity contribution in [2.24, 2.45) is 0 Å². The van der Waals surface area contributed by atoms with Crippen molar-refractivity contribution < 1.29 is 13.2 Å². The van der Waals surface area contributed by atoms with E-state index in [9.17, 15) is 8.42 Å². The molecular formula is C13H22N2O3S2. The van der Waals surface area contributed by atoms with Gasteiger partial charge in [0.2, 0.25) is 10.0 Å². The van der Waals surface area contributed by atoms with Gasteiger partial charge in [0.15, 0.2) is 0 Å². The number of morpholine rings is 1. The van der Waals surface area contributed by atoms with Crippen molar-refractivity contribution in [3.63, 3.8) is 0 Å². The van der Waals surface area contributed by atoms with E-state index in [1.807, 2.05) is 33.2 Å². The highest BCUT2D eigenvalue weighted by molar-refractivity contribution is 7.89. The van der Waals surface area contributed by atoms with Crippen molar-refractivity contribution in [3.8, 4) is 0 Å². The van der Waals surface area contributed by atoms with Gasteiger partial charge in [-0.25, -0.2) is 8.42 Å². The molecule has 0 saturated carbocycles. The summed E-state index contributed by atoms with van der Waals surface area (Å²) in [5.74, 6) is 0. The van der Waals surface area contributed by atoms with E-state index in [0.717, 1.165) is 10.4 Å². The second-order valence-electron chi connectivity index (χ2n) is 5.65.